The molecule has 0 unspecified atom stereocenters. The summed E-state index contributed by atoms with van der Waals surface area (Å²) in [6, 6.07) is 14.6. The van der Waals surface area contributed by atoms with Gasteiger partial charge in [-0.05, 0) is 42.8 Å². The van der Waals surface area contributed by atoms with Crippen LogP contribution in [0.4, 0.5) is 4.39 Å². The Morgan fingerprint density at radius 2 is 1.74 bits per heavy atom. The molecule has 0 spiro atoms. The monoisotopic (exact) mass is 418 g/mol. The number of fused-ring (bicyclic) bond motifs is 1. The molecule has 4 rings (SSSR count). The average Bonchev–Trinajstić information content (AvgIpc) is 2.79. The maximum Gasteiger partial charge on any atom is 0.340 e. The number of carbonyl (C=O) groups is 1. The van der Waals surface area contributed by atoms with E-state index in [4.69, 9.17) is 9.47 Å². The Morgan fingerprint density at radius 3 is 2.39 bits per heavy atom. The van der Waals surface area contributed by atoms with Crippen LogP contribution in [0.25, 0.3) is 27.7 Å². The Kier molecular flexibility index (Phi) is 5.25. The van der Waals surface area contributed by atoms with Gasteiger partial charge in [-0.1, -0.05) is 24.3 Å². The lowest BCUT2D eigenvalue weighted by Gasteiger charge is -2.16. The summed E-state index contributed by atoms with van der Waals surface area (Å²) in [4.78, 5) is 30.7. The van der Waals surface area contributed by atoms with Crippen molar-refractivity contribution in [3.63, 3.8) is 0 Å². The average molecular weight is 418 g/mol. The van der Waals surface area contributed by atoms with Crippen molar-refractivity contribution in [2.24, 2.45) is 0 Å². The molecule has 0 atom stereocenters. The number of methoxy groups -OCH3 is 2. The highest BCUT2D eigenvalue weighted by Gasteiger charge is 2.24. The predicted molar refractivity (Wildman–Crippen MR) is 115 cm³/mol. The van der Waals surface area contributed by atoms with Crippen LogP contribution in [-0.4, -0.2) is 29.7 Å². The molecular weight excluding hydrogens is 399 g/mol. The van der Waals surface area contributed by atoms with Gasteiger partial charge in [-0.3, -0.25) is 14.3 Å². The van der Waals surface area contributed by atoms with Crippen LogP contribution in [0.5, 0.6) is 5.75 Å². The van der Waals surface area contributed by atoms with Crippen molar-refractivity contribution in [1.82, 2.24) is 9.55 Å². The lowest BCUT2D eigenvalue weighted by molar-refractivity contribution is 0.0600. The van der Waals surface area contributed by atoms with Gasteiger partial charge in [0.05, 0.1) is 42.1 Å². The molecule has 0 saturated heterocycles. The number of carbonyl (C=O) groups excluding carboxylic acids is 1. The molecule has 156 valence electrons. The topological polar surface area (TPSA) is 70.4 Å². The minimum Gasteiger partial charge on any atom is -0.497 e. The van der Waals surface area contributed by atoms with Gasteiger partial charge in [-0.2, -0.15) is 0 Å². The minimum absolute atomic E-state index is 0.107. The second kappa shape index (κ2) is 8.02. The van der Waals surface area contributed by atoms with Gasteiger partial charge in [0, 0.05) is 11.8 Å². The third-order valence-corrected chi connectivity index (χ3v) is 5.10. The van der Waals surface area contributed by atoms with E-state index in [0.29, 0.717) is 28.1 Å². The highest BCUT2D eigenvalue weighted by Crippen LogP contribution is 2.33. The second-order valence-electron chi connectivity index (χ2n) is 6.87. The van der Waals surface area contributed by atoms with Crippen LogP contribution in [0.15, 0.2) is 65.6 Å². The summed E-state index contributed by atoms with van der Waals surface area (Å²) in [5.41, 5.74) is 1.61. The number of hydrogen-bond acceptors (Lipinski definition) is 5. The minimum atomic E-state index is -0.613. The largest absolute Gasteiger partial charge is 0.497 e. The number of esters is 1. The molecule has 0 radical (unpaired) electrons. The van der Waals surface area contributed by atoms with Gasteiger partial charge in [0.15, 0.2) is 0 Å². The summed E-state index contributed by atoms with van der Waals surface area (Å²) in [6.07, 6.45) is 1.48. The zero-order chi connectivity index (χ0) is 22.1. The Labute approximate surface area is 177 Å². The van der Waals surface area contributed by atoms with Crippen LogP contribution >= 0.6 is 0 Å². The van der Waals surface area contributed by atoms with Crippen LogP contribution < -0.4 is 10.3 Å². The van der Waals surface area contributed by atoms with Gasteiger partial charge >= 0.3 is 5.97 Å². The number of pyridine rings is 2. The molecule has 7 heteroatoms. The number of hydrogen-bond donors (Lipinski definition) is 0. The number of nitrogens with zero attached hydrogens (tertiary/aromatic N) is 2. The number of halogens is 1. The quantitative estimate of drug-likeness (QED) is 0.462. The van der Waals surface area contributed by atoms with Crippen molar-refractivity contribution < 1.29 is 18.7 Å². The number of aryl methyl sites for hydroxylation is 1. The van der Waals surface area contributed by atoms with E-state index >= 15 is 0 Å². The second-order valence-corrected chi connectivity index (χ2v) is 6.87. The van der Waals surface area contributed by atoms with Crippen molar-refractivity contribution in [2.75, 3.05) is 14.2 Å². The fourth-order valence-electron chi connectivity index (χ4n) is 3.63. The maximum atomic E-state index is 14.4. The van der Waals surface area contributed by atoms with Crippen LogP contribution in [0.3, 0.4) is 0 Å². The summed E-state index contributed by atoms with van der Waals surface area (Å²) in [5, 5.41) is 0.196. The van der Waals surface area contributed by atoms with E-state index in [2.05, 4.69) is 4.98 Å². The summed E-state index contributed by atoms with van der Waals surface area (Å²) < 4.78 is 25.8. The molecule has 2 aromatic heterocycles. The number of ether oxygens (including phenoxy) is 2. The van der Waals surface area contributed by atoms with Crippen LogP contribution in [-0.2, 0) is 4.74 Å². The normalized spacial score (nSPS) is 10.8. The Bertz CT molecular complexity index is 1360. The van der Waals surface area contributed by atoms with E-state index in [0.717, 1.165) is 0 Å². The third kappa shape index (κ3) is 3.44. The van der Waals surface area contributed by atoms with Crippen molar-refractivity contribution in [1.29, 1.82) is 0 Å². The molecule has 0 N–H and O–H groups in total. The van der Waals surface area contributed by atoms with Crippen molar-refractivity contribution in [2.45, 2.75) is 6.92 Å². The first-order valence-corrected chi connectivity index (χ1v) is 9.50. The Balaban J connectivity index is 2.14. The fourth-order valence-corrected chi connectivity index (χ4v) is 3.63. The first-order valence-electron chi connectivity index (χ1n) is 9.50. The van der Waals surface area contributed by atoms with Crippen molar-refractivity contribution >= 4 is 16.9 Å². The summed E-state index contributed by atoms with van der Waals surface area (Å²) in [5.74, 6) is -0.524. The van der Waals surface area contributed by atoms with Crippen LogP contribution in [0.2, 0.25) is 0 Å². The lowest BCUT2D eigenvalue weighted by atomic mass is 9.95. The smallest absolute Gasteiger partial charge is 0.340 e. The van der Waals surface area contributed by atoms with E-state index in [1.807, 2.05) is 0 Å². The van der Waals surface area contributed by atoms with Gasteiger partial charge < -0.3 is 9.47 Å². The molecule has 31 heavy (non-hydrogen) atoms. The third-order valence-electron chi connectivity index (χ3n) is 5.10. The van der Waals surface area contributed by atoms with Gasteiger partial charge in [0.2, 0.25) is 0 Å². The van der Waals surface area contributed by atoms with E-state index in [-0.39, 0.29) is 16.6 Å². The maximum absolute atomic E-state index is 14.4. The van der Waals surface area contributed by atoms with Crippen LogP contribution in [0.1, 0.15) is 16.1 Å². The summed E-state index contributed by atoms with van der Waals surface area (Å²) in [6.45, 7) is 1.68. The molecule has 2 heterocycles. The Hall–Kier alpha value is -4.00. The summed E-state index contributed by atoms with van der Waals surface area (Å²) >= 11 is 0. The van der Waals surface area contributed by atoms with Gasteiger partial charge in [0.1, 0.15) is 11.6 Å². The van der Waals surface area contributed by atoms with E-state index in [1.54, 1.807) is 56.5 Å². The van der Waals surface area contributed by atoms with Gasteiger partial charge in [-0.15, -0.1) is 0 Å². The number of aromatic nitrogens is 2. The molecular formula is C24H19FN2O4. The fraction of sp³-hybridized carbons (Fsp3) is 0.125. The molecule has 0 aliphatic carbocycles. The number of benzene rings is 2. The van der Waals surface area contributed by atoms with E-state index in [9.17, 15) is 14.0 Å². The lowest BCUT2D eigenvalue weighted by Crippen LogP contribution is -2.21. The van der Waals surface area contributed by atoms with Gasteiger partial charge in [0.25, 0.3) is 5.56 Å². The highest BCUT2D eigenvalue weighted by molar-refractivity contribution is 6.07. The zero-order valence-electron chi connectivity index (χ0n) is 17.2. The molecule has 0 aliphatic heterocycles. The van der Waals surface area contributed by atoms with Crippen LogP contribution in [0, 0.1) is 12.7 Å². The first-order chi connectivity index (χ1) is 15.0. The predicted octanol–water partition coefficient (Wildman–Crippen LogP) is 4.30. The highest BCUT2D eigenvalue weighted by atomic mass is 19.1. The SMILES string of the molecule is COC(=O)c1c(C)nc2ccn(-c3ccccc3F)c(=O)c2c1-c1ccc(OC)cc1. The van der Waals surface area contributed by atoms with Gasteiger partial charge in [-0.25, -0.2) is 9.18 Å². The number of para-hydroxylation sites is 1. The Morgan fingerprint density at radius 1 is 1.03 bits per heavy atom. The zero-order valence-corrected chi connectivity index (χ0v) is 17.2. The van der Waals surface area contributed by atoms with E-state index in [1.165, 1.54) is 30.0 Å². The van der Waals surface area contributed by atoms with Crippen molar-refractivity contribution in [3.05, 3.63) is 88.2 Å². The van der Waals surface area contributed by atoms with Crippen molar-refractivity contribution in [3.8, 4) is 22.6 Å². The summed E-state index contributed by atoms with van der Waals surface area (Å²) in [7, 11) is 2.82. The van der Waals surface area contributed by atoms with E-state index < -0.39 is 17.3 Å². The number of rotatable bonds is 4. The molecule has 2 aromatic carbocycles. The molecule has 0 bridgehead atoms. The molecule has 0 amide bonds. The molecule has 6 nitrogen and oxygen atoms in total. The molecule has 0 aliphatic rings. The standard InChI is InChI=1S/C24H19FN2O4/c1-14-20(24(29)31-3)21(15-8-10-16(30-2)11-9-15)22-18(26-14)12-13-27(23(22)28)19-7-5-4-6-17(19)25/h4-13H,1-3H3. The first kappa shape index (κ1) is 20.3. The molecule has 0 fully saturated rings. The molecule has 4 aromatic rings. The molecule has 0 saturated carbocycles.